The van der Waals surface area contributed by atoms with E-state index in [-0.39, 0.29) is 23.0 Å². The Morgan fingerprint density at radius 1 is 1.33 bits per heavy atom. The third kappa shape index (κ3) is 3.95. The third-order valence-electron chi connectivity index (χ3n) is 9.42. The van der Waals surface area contributed by atoms with Crippen molar-refractivity contribution in [3.05, 3.63) is 16.0 Å². The molecule has 0 saturated carbocycles. The molecule has 4 saturated heterocycles. The Hall–Kier alpha value is -2.79. The van der Waals surface area contributed by atoms with Crippen LogP contribution in [0.1, 0.15) is 48.1 Å². The molecule has 0 aromatic carbocycles. The van der Waals surface area contributed by atoms with Crippen molar-refractivity contribution < 1.29 is 19.0 Å². The first-order valence-electron chi connectivity index (χ1n) is 13.7. The number of nitrogen functional groups attached to an aromatic ring is 1. The number of nitrogens with two attached hydrogens (primary N) is 1. The second-order valence-electron chi connectivity index (χ2n) is 11.7. The van der Waals surface area contributed by atoms with Gasteiger partial charge in [-0.05, 0) is 44.2 Å². The number of aromatic nitrogens is 3. The van der Waals surface area contributed by atoms with Gasteiger partial charge in [-0.3, -0.25) is 4.90 Å². The average Bonchev–Trinajstić information content (AvgIpc) is 3.68. The van der Waals surface area contributed by atoms with E-state index < -0.39 is 12.5 Å². The molecule has 1 aliphatic carbocycles. The first kappa shape index (κ1) is 25.2. The maximum absolute atomic E-state index is 14.3. The number of alkyl halides is 1. The molecule has 0 radical (unpaired) electrons. The van der Waals surface area contributed by atoms with Crippen LogP contribution in [-0.4, -0.2) is 95.4 Å². The van der Waals surface area contributed by atoms with Crippen LogP contribution >= 0.6 is 11.3 Å². The molecular formula is C26H33FN8O3S. The van der Waals surface area contributed by atoms with Gasteiger partial charge in [-0.2, -0.15) is 20.2 Å². The number of anilines is 3. The highest BCUT2D eigenvalue weighted by Gasteiger charge is 2.53. The van der Waals surface area contributed by atoms with Crippen LogP contribution in [0.3, 0.4) is 0 Å². The van der Waals surface area contributed by atoms with Crippen LogP contribution in [0.4, 0.5) is 21.3 Å². The zero-order chi connectivity index (χ0) is 26.9. The monoisotopic (exact) mass is 556 g/mol. The molecule has 0 bridgehead atoms. The number of halogens is 1. The molecule has 3 N–H and O–H groups in total. The smallest absolute Gasteiger partial charge is 0.323 e. The minimum Gasteiger partial charge on any atom is -0.461 e. The minimum absolute atomic E-state index is 0.132. The summed E-state index contributed by atoms with van der Waals surface area (Å²) in [5.74, 6) is 0.886. The van der Waals surface area contributed by atoms with E-state index in [1.807, 2.05) is 11.9 Å². The molecule has 6 heterocycles. The number of aryl methyl sites for hydroxylation is 1. The van der Waals surface area contributed by atoms with E-state index in [0.29, 0.717) is 68.2 Å². The number of hydrogen-bond donors (Lipinski definition) is 2. The van der Waals surface area contributed by atoms with Gasteiger partial charge in [0.15, 0.2) is 6.29 Å². The molecule has 1 spiro atoms. The highest BCUT2D eigenvalue weighted by Crippen LogP contribution is 2.52. The van der Waals surface area contributed by atoms with Crippen molar-refractivity contribution in [3.8, 4) is 12.1 Å². The summed E-state index contributed by atoms with van der Waals surface area (Å²) >= 11 is 1.53. The Kier molecular flexibility index (Phi) is 5.89. The number of rotatable bonds is 6. The van der Waals surface area contributed by atoms with Crippen molar-refractivity contribution in [2.45, 2.75) is 68.0 Å². The molecule has 4 fully saturated rings. The molecule has 0 unspecified atom stereocenters. The summed E-state index contributed by atoms with van der Waals surface area (Å²) < 4.78 is 25.9. The fourth-order valence-corrected chi connectivity index (χ4v) is 8.55. The van der Waals surface area contributed by atoms with E-state index in [9.17, 15) is 14.8 Å². The normalized spacial score (nSPS) is 30.8. The summed E-state index contributed by atoms with van der Waals surface area (Å²) in [6.45, 7) is 3.47. The summed E-state index contributed by atoms with van der Waals surface area (Å²) in [7, 11) is 1.84. The number of nitriles is 1. The zero-order valence-corrected chi connectivity index (χ0v) is 22.8. The van der Waals surface area contributed by atoms with Gasteiger partial charge in [0.2, 0.25) is 11.9 Å². The average molecular weight is 557 g/mol. The van der Waals surface area contributed by atoms with Crippen molar-refractivity contribution in [3.63, 3.8) is 0 Å². The second kappa shape index (κ2) is 9.12. The van der Waals surface area contributed by atoms with Gasteiger partial charge in [0.25, 0.3) is 0 Å². The first-order chi connectivity index (χ1) is 18.8. The van der Waals surface area contributed by atoms with Crippen LogP contribution in [0.2, 0.25) is 0 Å². The quantitative estimate of drug-likeness (QED) is 0.537. The molecule has 7 rings (SSSR count). The van der Waals surface area contributed by atoms with Crippen LogP contribution in [0.5, 0.6) is 6.01 Å². The lowest BCUT2D eigenvalue weighted by molar-refractivity contribution is -0.0670. The van der Waals surface area contributed by atoms with Gasteiger partial charge in [-0.25, -0.2) is 4.39 Å². The molecular weight excluding hydrogens is 523 g/mol. The number of hydrogen-bond acceptors (Lipinski definition) is 12. The molecule has 4 aliphatic heterocycles. The van der Waals surface area contributed by atoms with Crippen LogP contribution < -0.4 is 20.3 Å². The highest BCUT2D eigenvalue weighted by molar-refractivity contribution is 7.16. The molecule has 208 valence electrons. The SMILES string of the molecule is CN(c1nc(OC[C@@]23CCCN2C[C@H](F)C3)nc(N2CC3(CCc4sc(N)c(C#N)c43)C2)n1)[C@H]1CCO[C@H]1O. The van der Waals surface area contributed by atoms with Gasteiger partial charge >= 0.3 is 6.01 Å². The largest absolute Gasteiger partial charge is 0.461 e. The molecule has 2 aromatic rings. The second-order valence-corrected chi connectivity index (χ2v) is 12.8. The number of nitrogens with zero attached hydrogens (tertiary/aromatic N) is 7. The van der Waals surface area contributed by atoms with Gasteiger partial charge < -0.3 is 30.1 Å². The Bertz CT molecular complexity index is 1330. The molecule has 13 heteroatoms. The third-order valence-corrected chi connectivity index (χ3v) is 10.5. The minimum atomic E-state index is -0.928. The predicted octanol–water partition coefficient (Wildman–Crippen LogP) is 1.59. The van der Waals surface area contributed by atoms with E-state index in [0.717, 1.165) is 37.8 Å². The number of ether oxygens (including phenoxy) is 2. The van der Waals surface area contributed by atoms with E-state index in [4.69, 9.17) is 25.2 Å². The van der Waals surface area contributed by atoms with Crippen molar-refractivity contribution in [2.24, 2.45) is 0 Å². The van der Waals surface area contributed by atoms with Crippen molar-refractivity contribution >= 4 is 28.2 Å². The number of aliphatic hydroxyl groups excluding tert-OH is 1. The molecule has 39 heavy (non-hydrogen) atoms. The molecule has 4 atom stereocenters. The Labute approximate surface area is 230 Å². The molecule has 0 amide bonds. The van der Waals surface area contributed by atoms with Crippen molar-refractivity contribution in [1.82, 2.24) is 19.9 Å². The van der Waals surface area contributed by atoms with Crippen LogP contribution in [0.25, 0.3) is 0 Å². The lowest BCUT2D eigenvalue weighted by atomic mass is 9.74. The van der Waals surface area contributed by atoms with Crippen molar-refractivity contribution in [2.75, 3.05) is 62.0 Å². The lowest BCUT2D eigenvalue weighted by Crippen LogP contribution is -2.59. The maximum Gasteiger partial charge on any atom is 0.323 e. The molecule has 2 aromatic heterocycles. The topological polar surface area (TPSA) is 137 Å². The van der Waals surface area contributed by atoms with Crippen LogP contribution in [0.15, 0.2) is 0 Å². The van der Waals surface area contributed by atoms with E-state index >= 15 is 0 Å². The van der Waals surface area contributed by atoms with E-state index in [1.165, 1.54) is 16.2 Å². The first-order valence-corrected chi connectivity index (χ1v) is 14.5. The van der Waals surface area contributed by atoms with Gasteiger partial charge in [-0.15, -0.1) is 11.3 Å². The van der Waals surface area contributed by atoms with E-state index in [2.05, 4.69) is 20.9 Å². The maximum atomic E-state index is 14.3. The molecule has 5 aliphatic rings. The van der Waals surface area contributed by atoms with Gasteiger partial charge in [0.1, 0.15) is 23.8 Å². The van der Waals surface area contributed by atoms with E-state index in [1.54, 1.807) is 0 Å². The number of likely N-dealkylation sites (N-methyl/N-ethyl adjacent to an activating group) is 1. The summed E-state index contributed by atoms with van der Waals surface area (Å²) in [5, 5.41) is 20.7. The van der Waals surface area contributed by atoms with Crippen LogP contribution in [0, 0.1) is 11.3 Å². The fraction of sp³-hybridized carbons (Fsp3) is 0.692. The summed E-state index contributed by atoms with van der Waals surface area (Å²) in [4.78, 5) is 21.4. The van der Waals surface area contributed by atoms with Gasteiger partial charge in [0.05, 0.1) is 23.8 Å². The predicted molar refractivity (Wildman–Crippen MR) is 143 cm³/mol. The number of fused-ring (bicyclic) bond motifs is 3. The van der Waals surface area contributed by atoms with Gasteiger partial charge in [-0.1, -0.05) is 0 Å². The zero-order valence-electron chi connectivity index (χ0n) is 22.0. The van der Waals surface area contributed by atoms with Crippen molar-refractivity contribution in [1.29, 1.82) is 5.26 Å². The summed E-state index contributed by atoms with van der Waals surface area (Å²) in [6, 6.07) is 2.23. The fourth-order valence-electron chi connectivity index (χ4n) is 7.41. The Balaban J connectivity index is 1.16. The molecule has 11 nitrogen and oxygen atoms in total. The highest BCUT2D eigenvalue weighted by atomic mass is 32.1. The number of thiophene rings is 1. The van der Waals surface area contributed by atoms with Crippen LogP contribution in [-0.2, 0) is 16.6 Å². The lowest BCUT2D eigenvalue weighted by Gasteiger charge is -2.48. The number of aliphatic hydroxyl groups is 1. The summed E-state index contributed by atoms with van der Waals surface area (Å²) in [5.41, 5.74) is 7.42. The summed E-state index contributed by atoms with van der Waals surface area (Å²) in [6.07, 6.45) is 3.16. The Morgan fingerprint density at radius 3 is 2.95 bits per heavy atom. The Morgan fingerprint density at radius 2 is 2.18 bits per heavy atom. The van der Waals surface area contributed by atoms with Gasteiger partial charge in [0, 0.05) is 43.4 Å². The standard InChI is InChI=1S/C26H33FN8O3S/c1-33(17-4-8-37-21(17)36)22-30-23(32-24(31-22)38-14-26-5-2-7-35(26)11-15(27)9-26)34-12-25(13-34)6-3-18-19(25)16(10-28)20(29)39-18/h15,17,21,36H,2-9,11-14,29H2,1H3/t15-,17+,21-,26+/m1/s1.